The molecular weight excluding hydrogens is 380 g/mol. The molecule has 2 rings (SSSR count). The van der Waals surface area contributed by atoms with Crippen LogP contribution in [0.3, 0.4) is 0 Å². The Bertz CT molecular complexity index is 636. The summed E-state index contributed by atoms with van der Waals surface area (Å²) >= 11 is 0. The lowest BCUT2D eigenvalue weighted by Crippen LogP contribution is -2.44. The number of rotatable bonds is 13. The third-order valence-electron chi connectivity index (χ3n) is 5.97. The number of aromatic nitrogens is 2. The van der Waals surface area contributed by atoms with Crippen LogP contribution in [0.4, 0.5) is 0 Å². The fraction of sp³-hybridized carbons (Fsp3) is 0.783. The van der Waals surface area contributed by atoms with Crippen LogP contribution in [0.15, 0.2) is 12.4 Å². The normalized spacial score (nSPS) is 15.0. The van der Waals surface area contributed by atoms with Crippen molar-refractivity contribution < 1.29 is 14.3 Å². The van der Waals surface area contributed by atoms with Gasteiger partial charge < -0.3 is 19.1 Å². The molecular formula is C23H40N4O3. The Morgan fingerprint density at radius 1 is 1.13 bits per heavy atom. The monoisotopic (exact) mass is 420 g/mol. The van der Waals surface area contributed by atoms with E-state index in [-0.39, 0.29) is 18.4 Å². The van der Waals surface area contributed by atoms with Crippen molar-refractivity contribution in [2.24, 2.45) is 0 Å². The average Bonchev–Trinajstić information content (AvgIpc) is 3.18. The Kier molecular flexibility index (Phi) is 10.9. The van der Waals surface area contributed by atoms with Gasteiger partial charge in [0.15, 0.2) is 0 Å². The van der Waals surface area contributed by atoms with E-state index in [0.29, 0.717) is 25.5 Å². The standard InChI is InChI=1S/C23H40N4O3/c1-4-5-6-7-8-9-18-30-23(29)19-27-17-14-24-21(27)10-11-22(28)26-15-12-20(13-16-26)25(2)3/h14,17,20H,4-13,15-16,18-19H2,1-3H3. The number of aryl methyl sites for hydroxylation is 1. The molecule has 7 heteroatoms. The first-order chi connectivity index (χ1) is 14.5. The van der Waals surface area contributed by atoms with Gasteiger partial charge in [-0.2, -0.15) is 0 Å². The molecule has 0 N–H and O–H groups in total. The number of ether oxygens (including phenoxy) is 1. The van der Waals surface area contributed by atoms with Gasteiger partial charge in [0.25, 0.3) is 0 Å². The van der Waals surface area contributed by atoms with Gasteiger partial charge in [0, 0.05) is 44.4 Å². The van der Waals surface area contributed by atoms with Crippen molar-refractivity contribution in [3.63, 3.8) is 0 Å². The van der Waals surface area contributed by atoms with Crippen LogP contribution in [0.5, 0.6) is 0 Å². The van der Waals surface area contributed by atoms with Crippen LogP contribution in [0, 0.1) is 0 Å². The summed E-state index contributed by atoms with van der Waals surface area (Å²) in [5.74, 6) is 0.704. The molecule has 0 unspecified atom stereocenters. The quantitative estimate of drug-likeness (QED) is 0.362. The lowest BCUT2D eigenvalue weighted by Gasteiger charge is -2.35. The highest BCUT2D eigenvalue weighted by Crippen LogP contribution is 2.15. The summed E-state index contributed by atoms with van der Waals surface area (Å²) < 4.78 is 7.16. The minimum Gasteiger partial charge on any atom is -0.464 e. The van der Waals surface area contributed by atoms with E-state index in [0.717, 1.165) is 44.6 Å². The van der Waals surface area contributed by atoms with Gasteiger partial charge >= 0.3 is 5.97 Å². The molecule has 0 radical (unpaired) electrons. The van der Waals surface area contributed by atoms with Crippen molar-refractivity contribution in [2.45, 2.75) is 83.7 Å². The van der Waals surface area contributed by atoms with Crippen LogP contribution < -0.4 is 0 Å². The number of unbranched alkanes of at least 4 members (excludes halogenated alkanes) is 5. The van der Waals surface area contributed by atoms with E-state index in [4.69, 9.17) is 4.74 Å². The summed E-state index contributed by atoms with van der Waals surface area (Å²) in [6, 6.07) is 0.565. The third kappa shape index (κ3) is 8.46. The molecule has 2 heterocycles. The molecule has 0 aromatic carbocycles. The van der Waals surface area contributed by atoms with Gasteiger partial charge in [0.05, 0.1) is 6.61 Å². The van der Waals surface area contributed by atoms with Crippen LogP contribution in [0.1, 0.15) is 70.5 Å². The number of likely N-dealkylation sites (tertiary alicyclic amines) is 1. The average molecular weight is 421 g/mol. The number of nitrogens with zero attached hydrogens (tertiary/aromatic N) is 4. The largest absolute Gasteiger partial charge is 0.464 e. The lowest BCUT2D eigenvalue weighted by molar-refractivity contribution is -0.144. The lowest BCUT2D eigenvalue weighted by atomic mass is 10.0. The van der Waals surface area contributed by atoms with Gasteiger partial charge in [0.2, 0.25) is 5.91 Å². The molecule has 0 atom stereocenters. The van der Waals surface area contributed by atoms with E-state index in [9.17, 15) is 9.59 Å². The van der Waals surface area contributed by atoms with Gasteiger partial charge in [-0.05, 0) is 33.4 Å². The number of amides is 1. The van der Waals surface area contributed by atoms with Crippen molar-refractivity contribution >= 4 is 11.9 Å². The Morgan fingerprint density at radius 3 is 2.53 bits per heavy atom. The van der Waals surface area contributed by atoms with Crippen molar-refractivity contribution in [3.05, 3.63) is 18.2 Å². The zero-order valence-electron chi connectivity index (χ0n) is 19.1. The molecule has 1 aromatic rings. The Labute approximate surface area is 181 Å². The number of hydrogen-bond acceptors (Lipinski definition) is 5. The molecule has 1 aromatic heterocycles. The maximum Gasteiger partial charge on any atom is 0.325 e. The van der Waals surface area contributed by atoms with E-state index in [1.807, 2.05) is 4.90 Å². The molecule has 0 spiro atoms. The first-order valence-corrected chi connectivity index (χ1v) is 11.6. The minimum atomic E-state index is -0.236. The summed E-state index contributed by atoms with van der Waals surface area (Å²) in [6.07, 6.45) is 13.5. The summed E-state index contributed by atoms with van der Waals surface area (Å²) in [4.78, 5) is 33.2. The maximum absolute atomic E-state index is 12.6. The van der Waals surface area contributed by atoms with Crippen LogP contribution in [-0.4, -0.2) is 71.1 Å². The van der Waals surface area contributed by atoms with E-state index >= 15 is 0 Å². The van der Waals surface area contributed by atoms with E-state index in [1.54, 1.807) is 17.0 Å². The molecule has 170 valence electrons. The van der Waals surface area contributed by atoms with Crippen LogP contribution >= 0.6 is 0 Å². The highest BCUT2D eigenvalue weighted by Gasteiger charge is 2.24. The highest BCUT2D eigenvalue weighted by atomic mass is 16.5. The molecule has 30 heavy (non-hydrogen) atoms. The summed E-state index contributed by atoms with van der Waals surface area (Å²) in [6.45, 7) is 4.49. The van der Waals surface area contributed by atoms with Crippen LogP contribution in [-0.2, 0) is 27.3 Å². The fourth-order valence-electron chi connectivity index (χ4n) is 3.97. The first-order valence-electron chi connectivity index (χ1n) is 11.6. The number of piperidine rings is 1. The molecule has 1 aliphatic rings. The summed E-state index contributed by atoms with van der Waals surface area (Å²) in [5, 5.41) is 0. The first kappa shape index (κ1) is 24.4. The fourth-order valence-corrected chi connectivity index (χ4v) is 3.97. The molecule has 1 amide bonds. The van der Waals surface area contributed by atoms with E-state index < -0.39 is 0 Å². The topological polar surface area (TPSA) is 67.7 Å². The van der Waals surface area contributed by atoms with Crippen molar-refractivity contribution in [1.29, 1.82) is 0 Å². The minimum absolute atomic E-state index is 0.160. The van der Waals surface area contributed by atoms with Crippen molar-refractivity contribution in [2.75, 3.05) is 33.8 Å². The molecule has 7 nitrogen and oxygen atoms in total. The highest BCUT2D eigenvalue weighted by molar-refractivity contribution is 5.76. The number of carbonyl (C=O) groups is 2. The number of imidazole rings is 1. The molecule has 0 saturated carbocycles. The third-order valence-corrected chi connectivity index (χ3v) is 5.97. The number of esters is 1. The van der Waals surface area contributed by atoms with Crippen molar-refractivity contribution in [3.8, 4) is 0 Å². The predicted octanol–water partition coefficient (Wildman–Crippen LogP) is 3.27. The van der Waals surface area contributed by atoms with Crippen molar-refractivity contribution in [1.82, 2.24) is 19.4 Å². The second-order valence-corrected chi connectivity index (χ2v) is 8.54. The second kappa shape index (κ2) is 13.4. The van der Waals surface area contributed by atoms with Gasteiger partial charge in [-0.25, -0.2) is 4.98 Å². The van der Waals surface area contributed by atoms with Crippen LogP contribution in [0.2, 0.25) is 0 Å². The summed E-state index contributed by atoms with van der Waals surface area (Å²) in [7, 11) is 4.20. The molecule has 1 saturated heterocycles. The summed E-state index contributed by atoms with van der Waals surface area (Å²) in [5.41, 5.74) is 0. The second-order valence-electron chi connectivity index (χ2n) is 8.54. The predicted molar refractivity (Wildman–Crippen MR) is 118 cm³/mol. The maximum atomic E-state index is 12.6. The smallest absolute Gasteiger partial charge is 0.325 e. The zero-order valence-corrected chi connectivity index (χ0v) is 19.1. The molecule has 1 fully saturated rings. The Hall–Kier alpha value is -1.89. The van der Waals surface area contributed by atoms with Crippen LogP contribution in [0.25, 0.3) is 0 Å². The number of carbonyl (C=O) groups excluding carboxylic acids is 2. The van der Waals surface area contributed by atoms with Gasteiger partial charge in [0.1, 0.15) is 12.4 Å². The van der Waals surface area contributed by atoms with Gasteiger partial charge in [-0.3, -0.25) is 9.59 Å². The molecule has 1 aliphatic heterocycles. The van der Waals surface area contributed by atoms with Gasteiger partial charge in [-0.15, -0.1) is 0 Å². The van der Waals surface area contributed by atoms with E-state index in [1.165, 1.54) is 25.7 Å². The molecule has 0 aliphatic carbocycles. The van der Waals surface area contributed by atoms with E-state index in [2.05, 4.69) is 30.9 Å². The number of hydrogen-bond donors (Lipinski definition) is 0. The Morgan fingerprint density at radius 2 is 1.83 bits per heavy atom. The van der Waals surface area contributed by atoms with Gasteiger partial charge in [-0.1, -0.05) is 39.0 Å². The SMILES string of the molecule is CCCCCCCCOC(=O)Cn1ccnc1CCC(=O)N1CCC(N(C)C)CC1. The molecule has 0 bridgehead atoms. The Balaban J connectivity index is 1.66. The zero-order chi connectivity index (χ0) is 21.8.